The van der Waals surface area contributed by atoms with Gasteiger partial charge in [-0.05, 0) is 25.5 Å². The number of nitrogens with two attached hydrogens (primary N) is 1. The largest absolute Gasteiger partial charge is 0.320 e. The van der Waals surface area contributed by atoms with Gasteiger partial charge in [-0.2, -0.15) is 0 Å². The molecule has 1 amide bonds. The summed E-state index contributed by atoms with van der Waals surface area (Å²) in [5, 5.41) is 5.24. The molecule has 18 heavy (non-hydrogen) atoms. The normalized spacial score (nSPS) is 12.4. The van der Waals surface area contributed by atoms with E-state index in [0.29, 0.717) is 5.13 Å². The highest BCUT2D eigenvalue weighted by atomic mass is 32.1. The quantitative estimate of drug-likeness (QED) is 0.905. The minimum absolute atomic E-state index is 0.212. The third-order valence-electron chi connectivity index (χ3n) is 2.41. The van der Waals surface area contributed by atoms with E-state index in [1.807, 2.05) is 5.38 Å². The topological polar surface area (TPSA) is 68.0 Å². The van der Waals surface area contributed by atoms with Crippen LogP contribution in [-0.4, -0.2) is 16.9 Å². The number of rotatable bonds is 4. The lowest BCUT2D eigenvalue weighted by Crippen LogP contribution is -2.32. The Hall–Kier alpha value is -1.24. The van der Waals surface area contributed by atoms with Crippen LogP contribution in [0.1, 0.15) is 18.7 Å². The molecule has 0 saturated heterocycles. The van der Waals surface area contributed by atoms with E-state index in [2.05, 4.69) is 29.4 Å². The molecule has 2 rings (SSSR count). The Balaban J connectivity index is 2.12. The van der Waals surface area contributed by atoms with Crippen molar-refractivity contribution in [1.82, 2.24) is 4.98 Å². The molecule has 2 aromatic rings. The lowest BCUT2D eigenvalue weighted by Gasteiger charge is -2.03. The number of hydrogen-bond acceptors (Lipinski definition) is 5. The maximum Gasteiger partial charge on any atom is 0.242 e. The maximum atomic E-state index is 11.4. The van der Waals surface area contributed by atoms with Crippen LogP contribution in [0, 0.1) is 0 Å². The van der Waals surface area contributed by atoms with Crippen molar-refractivity contribution in [2.24, 2.45) is 5.73 Å². The van der Waals surface area contributed by atoms with E-state index < -0.39 is 6.04 Å². The average molecular weight is 281 g/mol. The summed E-state index contributed by atoms with van der Waals surface area (Å²) in [7, 11) is 0. The van der Waals surface area contributed by atoms with E-state index in [1.54, 1.807) is 18.3 Å². The van der Waals surface area contributed by atoms with Crippen LogP contribution in [0.4, 0.5) is 5.13 Å². The summed E-state index contributed by atoms with van der Waals surface area (Å²) < 4.78 is 0. The molecule has 1 atom stereocenters. The number of carbonyl (C=O) groups excluding carboxylic acids is 1. The van der Waals surface area contributed by atoms with Gasteiger partial charge in [0.2, 0.25) is 5.91 Å². The van der Waals surface area contributed by atoms with Crippen molar-refractivity contribution in [2.45, 2.75) is 26.3 Å². The highest BCUT2D eigenvalue weighted by Gasteiger charge is 2.11. The molecule has 0 fully saturated rings. The first kappa shape index (κ1) is 13.2. The van der Waals surface area contributed by atoms with Gasteiger partial charge < -0.3 is 11.1 Å². The van der Waals surface area contributed by atoms with Crippen molar-refractivity contribution >= 4 is 33.7 Å². The van der Waals surface area contributed by atoms with Crippen molar-refractivity contribution in [3.8, 4) is 10.6 Å². The van der Waals surface area contributed by atoms with Gasteiger partial charge in [0.15, 0.2) is 5.13 Å². The zero-order valence-electron chi connectivity index (χ0n) is 10.3. The van der Waals surface area contributed by atoms with E-state index in [1.165, 1.54) is 16.2 Å². The van der Waals surface area contributed by atoms with Crippen molar-refractivity contribution in [2.75, 3.05) is 5.32 Å². The molecule has 2 heterocycles. The molecule has 0 spiro atoms. The Kier molecular flexibility index (Phi) is 4.11. The summed E-state index contributed by atoms with van der Waals surface area (Å²) in [5.41, 5.74) is 6.40. The zero-order chi connectivity index (χ0) is 13.1. The number of aromatic nitrogens is 1. The molecule has 6 heteroatoms. The summed E-state index contributed by atoms with van der Waals surface area (Å²) in [6.07, 6.45) is 1.03. The number of aryl methyl sites for hydroxylation is 1. The molecule has 4 nitrogen and oxygen atoms in total. The summed E-state index contributed by atoms with van der Waals surface area (Å²) in [6.45, 7) is 3.78. The van der Waals surface area contributed by atoms with Crippen LogP contribution in [-0.2, 0) is 11.2 Å². The second-order valence-corrected chi connectivity index (χ2v) is 5.96. The molecule has 0 aromatic carbocycles. The molecule has 0 aliphatic carbocycles. The fraction of sp³-hybridized carbons (Fsp3) is 0.333. The highest BCUT2D eigenvalue weighted by molar-refractivity contribution is 7.17. The minimum atomic E-state index is -0.522. The Morgan fingerprint density at radius 1 is 1.56 bits per heavy atom. The SMILES string of the molecule is CCc1ccc(-c2csc(NC(=O)[C@@H](C)N)n2)s1. The van der Waals surface area contributed by atoms with Crippen molar-refractivity contribution in [1.29, 1.82) is 0 Å². The molecule has 0 bridgehead atoms. The number of carbonyl (C=O) groups is 1. The smallest absolute Gasteiger partial charge is 0.242 e. The molecule has 0 aliphatic heterocycles. The van der Waals surface area contributed by atoms with E-state index >= 15 is 0 Å². The first-order chi connectivity index (χ1) is 8.60. The van der Waals surface area contributed by atoms with Crippen LogP contribution in [0.3, 0.4) is 0 Å². The highest BCUT2D eigenvalue weighted by Crippen LogP contribution is 2.30. The molecule has 0 unspecified atom stereocenters. The molecule has 0 radical (unpaired) electrons. The van der Waals surface area contributed by atoms with E-state index in [4.69, 9.17) is 5.73 Å². The lowest BCUT2D eigenvalue weighted by atomic mass is 10.3. The summed E-state index contributed by atoms with van der Waals surface area (Å²) in [5.74, 6) is -0.212. The van der Waals surface area contributed by atoms with E-state index in [0.717, 1.165) is 17.0 Å². The predicted octanol–water partition coefficient (Wildman–Crippen LogP) is 2.72. The number of anilines is 1. The number of hydrogen-bond donors (Lipinski definition) is 2. The van der Waals surface area contributed by atoms with Gasteiger partial charge in [-0.15, -0.1) is 22.7 Å². The second-order valence-electron chi connectivity index (χ2n) is 3.94. The van der Waals surface area contributed by atoms with Crippen molar-refractivity contribution in [3.63, 3.8) is 0 Å². The van der Waals surface area contributed by atoms with Gasteiger partial charge in [0.25, 0.3) is 0 Å². The van der Waals surface area contributed by atoms with Crippen LogP contribution in [0.2, 0.25) is 0 Å². The van der Waals surface area contributed by atoms with E-state index in [9.17, 15) is 4.79 Å². The molecule has 96 valence electrons. The third kappa shape index (κ3) is 2.95. The van der Waals surface area contributed by atoms with Gasteiger partial charge >= 0.3 is 0 Å². The number of nitrogens with zero attached hydrogens (tertiary/aromatic N) is 1. The number of thiazole rings is 1. The Morgan fingerprint density at radius 2 is 2.33 bits per heavy atom. The summed E-state index contributed by atoms with van der Waals surface area (Å²) >= 11 is 3.15. The fourth-order valence-corrected chi connectivity index (χ4v) is 3.07. The molecule has 3 N–H and O–H groups in total. The van der Waals surface area contributed by atoms with Gasteiger partial charge in [0.05, 0.1) is 16.6 Å². The van der Waals surface area contributed by atoms with Crippen molar-refractivity contribution in [3.05, 3.63) is 22.4 Å². The Labute approximate surface area is 114 Å². The number of nitrogens with one attached hydrogen (secondary N) is 1. The van der Waals surface area contributed by atoms with Gasteiger partial charge in [-0.3, -0.25) is 4.79 Å². The first-order valence-corrected chi connectivity index (χ1v) is 7.40. The van der Waals surface area contributed by atoms with Crippen LogP contribution in [0.15, 0.2) is 17.5 Å². The second kappa shape index (κ2) is 5.60. The van der Waals surface area contributed by atoms with Gasteiger partial charge in [0.1, 0.15) is 0 Å². The van der Waals surface area contributed by atoms with Crippen LogP contribution >= 0.6 is 22.7 Å². The Morgan fingerprint density at radius 3 is 2.94 bits per heavy atom. The van der Waals surface area contributed by atoms with Gasteiger partial charge in [0, 0.05) is 10.3 Å². The van der Waals surface area contributed by atoms with Crippen molar-refractivity contribution < 1.29 is 4.79 Å². The molecule has 0 aliphatic rings. The molecular formula is C12H15N3OS2. The molecule has 0 saturated carbocycles. The summed E-state index contributed by atoms with van der Waals surface area (Å²) in [4.78, 5) is 18.3. The average Bonchev–Trinajstić information content (AvgIpc) is 2.96. The van der Waals surface area contributed by atoms with Crippen LogP contribution in [0.5, 0.6) is 0 Å². The third-order valence-corrected chi connectivity index (χ3v) is 4.42. The first-order valence-electron chi connectivity index (χ1n) is 5.71. The Bertz CT molecular complexity index is 545. The lowest BCUT2D eigenvalue weighted by molar-refractivity contribution is -0.117. The number of amides is 1. The van der Waals surface area contributed by atoms with Gasteiger partial charge in [-0.1, -0.05) is 6.92 Å². The maximum absolute atomic E-state index is 11.4. The predicted molar refractivity (Wildman–Crippen MR) is 77.1 cm³/mol. The van der Waals surface area contributed by atoms with Crippen LogP contribution < -0.4 is 11.1 Å². The monoisotopic (exact) mass is 281 g/mol. The van der Waals surface area contributed by atoms with Crippen LogP contribution in [0.25, 0.3) is 10.6 Å². The van der Waals surface area contributed by atoms with Gasteiger partial charge in [-0.25, -0.2) is 4.98 Å². The fourth-order valence-electron chi connectivity index (χ4n) is 1.37. The number of thiophene rings is 1. The summed E-state index contributed by atoms with van der Waals surface area (Å²) in [6, 6.07) is 3.65. The zero-order valence-corrected chi connectivity index (χ0v) is 11.9. The minimum Gasteiger partial charge on any atom is -0.320 e. The molecular weight excluding hydrogens is 266 g/mol. The standard InChI is InChI=1S/C12H15N3OS2/c1-3-8-4-5-10(18-8)9-6-17-12(14-9)15-11(16)7(2)13/h4-7H,3,13H2,1-2H3,(H,14,15,16)/t7-/m1/s1. The van der Waals surface area contributed by atoms with E-state index in [-0.39, 0.29) is 5.91 Å². The molecule has 2 aromatic heterocycles.